The number of aromatic nitrogens is 2. The zero-order valence-electron chi connectivity index (χ0n) is 14.0. The molecule has 0 saturated heterocycles. The SMILES string of the molecule is Cc1nn(COCC[Si](C)(C)C)cc1OCc1ccccc1. The highest BCUT2D eigenvalue weighted by atomic mass is 28.3. The summed E-state index contributed by atoms with van der Waals surface area (Å²) in [5.41, 5.74) is 2.05. The minimum Gasteiger partial charge on any atom is -0.485 e. The van der Waals surface area contributed by atoms with Crippen molar-refractivity contribution in [3.8, 4) is 5.75 Å². The van der Waals surface area contributed by atoms with E-state index in [2.05, 4.69) is 36.9 Å². The van der Waals surface area contributed by atoms with Gasteiger partial charge in [0.25, 0.3) is 0 Å². The number of benzene rings is 1. The van der Waals surface area contributed by atoms with Crippen LogP contribution in [0.4, 0.5) is 0 Å². The minimum absolute atomic E-state index is 0.486. The van der Waals surface area contributed by atoms with Crippen molar-refractivity contribution in [1.82, 2.24) is 9.78 Å². The molecule has 0 radical (unpaired) electrons. The van der Waals surface area contributed by atoms with Gasteiger partial charge in [0.1, 0.15) is 19.0 Å². The molecule has 0 spiro atoms. The Morgan fingerprint density at radius 1 is 1.14 bits per heavy atom. The van der Waals surface area contributed by atoms with Gasteiger partial charge in [-0.3, -0.25) is 0 Å². The predicted molar refractivity (Wildman–Crippen MR) is 91.8 cm³/mol. The van der Waals surface area contributed by atoms with Crippen LogP contribution >= 0.6 is 0 Å². The number of aryl methyl sites for hydroxylation is 1. The van der Waals surface area contributed by atoms with Gasteiger partial charge in [-0.1, -0.05) is 50.0 Å². The van der Waals surface area contributed by atoms with Crippen LogP contribution in [0.2, 0.25) is 25.7 Å². The molecule has 0 saturated carbocycles. The second kappa shape index (κ2) is 7.60. The molecule has 0 aliphatic heterocycles. The third-order valence-electron chi connectivity index (χ3n) is 3.36. The van der Waals surface area contributed by atoms with E-state index in [-0.39, 0.29) is 0 Å². The predicted octanol–water partition coefficient (Wildman–Crippen LogP) is 4.08. The van der Waals surface area contributed by atoms with E-state index in [1.54, 1.807) is 4.68 Å². The molecule has 0 N–H and O–H groups in total. The average Bonchev–Trinajstić information content (AvgIpc) is 2.82. The van der Waals surface area contributed by atoms with Crippen molar-refractivity contribution in [3.63, 3.8) is 0 Å². The number of nitrogens with zero attached hydrogens (tertiary/aromatic N) is 2. The highest BCUT2D eigenvalue weighted by molar-refractivity contribution is 6.76. The van der Waals surface area contributed by atoms with Crippen molar-refractivity contribution in [3.05, 3.63) is 47.8 Å². The monoisotopic (exact) mass is 318 g/mol. The van der Waals surface area contributed by atoms with Gasteiger partial charge >= 0.3 is 0 Å². The summed E-state index contributed by atoms with van der Waals surface area (Å²) in [5, 5.41) is 4.43. The maximum atomic E-state index is 5.83. The first kappa shape index (κ1) is 16.8. The Kier molecular flexibility index (Phi) is 5.80. The van der Waals surface area contributed by atoms with Crippen molar-refractivity contribution < 1.29 is 9.47 Å². The molecule has 22 heavy (non-hydrogen) atoms. The lowest BCUT2D eigenvalue weighted by Crippen LogP contribution is -2.22. The molecule has 1 heterocycles. The summed E-state index contributed by atoms with van der Waals surface area (Å²) < 4.78 is 13.3. The Bertz CT molecular complexity index is 576. The molecule has 1 aromatic heterocycles. The molecule has 2 rings (SSSR count). The Labute approximate surface area is 134 Å². The minimum atomic E-state index is -1.03. The van der Waals surface area contributed by atoms with Gasteiger partial charge in [0.15, 0.2) is 5.75 Å². The van der Waals surface area contributed by atoms with Crippen LogP contribution in [-0.4, -0.2) is 24.5 Å². The summed E-state index contributed by atoms with van der Waals surface area (Å²) in [6, 6.07) is 11.3. The first-order valence-corrected chi connectivity index (χ1v) is 11.4. The summed E-state index contributed by atoms with van der Waals surface area (Å²) in [4.78, 5) is 0. The second-order valence-corrected chi connectivity index (χ2v) is 12.4. The molecule has 2 aromatic rings. The third-order valence-corrected chi connectivity index (χ3v) is 5.06. The number of rotatable bonds is 8. The standard InChI is InChI=1S/C17H26N2O2Si/c1-15-17(21-13-16-8-6-5-7-9-16)12-19(18-15)14-20-10-11-22(2,3)4/h5-9,12H,10-11,13-14H2,1-4H3. The lowest BCUT2D eigenvalue weighted by Gasteiger charge is -2.15. The summed E-state index contributed by atoms with van der Waals surface area (Å²) in [7, 11) is -1.03. The van der Waals surface area contributed by atoms with Gasteiger partial charge in [0.05, 0.1) is 6.20 Å². The van der Waals surface area contributed by atoms with E-state index in [1.807, 2.05) is 31.3 Å². The van der Waals surface area contributed by atoms with Crippen molar-refractivity contribution >= 4 is 8.07 Å². The molecule has 0 amide bonds. The largest absolute Gasteiger partial charge is 0.485 e. The fourth-order valence-electron chi connectivity index (χ4n) is 1.98. The van der Waals surface area contributed by atoms with Crippen LogP contribution in [0.3, 0.4) is 0 Å². The Hall–Kier alpha value is -1.59. The van der Waals surface area contributed by atoms with Gasteiger partial charge in [-0.25, -0.2) is 4.68 Å². The van der Waals surface area contributed by atoms with E-state index >= 15 is 0 Å². The lowest BCUT2D eigenvalue weighted by atomic mass is 10.2. The number of hydrogen-bond acceptors (Lipinski definition) is 3. The normalized spacial score (nSPS) is 11.6. The molecule has 5 heteroatoms. The van der Waals surface area contributed by atoms with Gasteiger partial charge in [-0.15, -0.1) is 0 Å². The molecule has 0 atom stereocenters. The van der Waals surface area contributed by atoms with Gasteiger partial charge < -0.3 is 9.47 Å². The van der Waals surface area contributed by atoms with Crippen molar-refractivity contribution in [2.75, 3.05) is 6.61 Å². The van der Waals surface area contributed by atoms with Crippen molar-refractivity contribution in [2.24, 2.45) is 0 Å². The van der Waals surface area contributed by atoms with Crippen LogP contribution in [0.15, 0.2) is 36.5 Å². The smallest absolute Gasteiger partial charge is 0.160 e. The summed E-state index contributed by atoms with van der Waals surface area (Å²) >= 11 is 0. The van der Waals surface area contributed by atoms with E-state index < -0.39 is 8.07 Å². The van der Waals surface area contributed by atoms with Gasteiger partial charge in [0, 0.05) is 14.7 Å². The Morgan fingerprint density at radius 3 is 2.55 bits per heavy atom. The molecule has 4 nitrogen and oxygen atoms in total. The van der Waals surface area contributed by atoms with E-state index in [0.717, 1.165) is 23.6 Å². The zero-order valence-corrected chi connectivity index (χ0v) is 15.0. The third kappa shape index (κ3) is 5.65. The molecular weight excluding hydrogens is 292 g/mol. The highest BCUT2D eigenvalue weighted by Gasteiger charge is 2.12. The molecule has 0 fully saturated rings. The fraction of sp³-hybridized carbons (Fsp3) is 0.471. The maximum Gasteiger partial charge on any atom is 0.160 e. The van der Waals surface area contributed by atoms with Gasteiger partial charge in [-0.05, 0) is 18.5 Å². The molecule has 0 unspecified atom stereocenters. The van der Waals surface area contributed by atoms with Crippen LogP contribution in [0.1, 0.15) is 11.3 Å². The van der Waals surface area contributed by atoms with Crippen molar-refractivity contribution in [2.45, 2.75) is 45.9 Å². The topological polar surface area (TPSA) is 36.3 Å². The number of ether oxygens (including phenoxy) is 2. The van der Waals surface area contributed by atoms with E-state index in [0.29, 0.717) is 13.3 Å². The highest BCUT2D eigenvalue weighted by Crippen LogP contribution is 2.17. The first-order valence-electron chi connectivity index (χ1n) is 7.72. The molecule has 0 aliphatic carbocycles. The van der Waals surface area contributed by atoms with E-state index in [1.165, 1.54) is 6.04 Å². The molecule has 0 aliphatic rings. The fourth-order valence-corrected chi connectivity index (χ4v) is 2.74. The van der Waals surface area contributed by atoms with Crippen LogP contribution in [0.5, 0.6) is 5.75 Å². The average molecular weight is 318 g/mol. The van der Waals surface area contributed by atoms with Crippen LogP contribution in [0, 0.1) is 6.92 Å². The quantitative estimate of drug-likeness (QED) is 0.543. The lowest BCUT2D eigenvalue weighted by molar-refractivity contribution is 0.0782. The second-order valence-electron chi connectivity index (χ2n) is 6.74. The van der Waals surface area contributed by atoms with Crippen molar-refractivity contribution in [1.29, 1.82) is 0 Å². The zero-order chi connectivity index (χ0) is 16.0. The molecule has 0 bridgehead atoms. The molecule has 120 valence electrons. The summed E-state index contributed by atoms with van der Waals surface area (Å²) in [5.74, 6) is 0.817. The Balaban J connectivity index is 1.81. The Morgan fingerprint density at radius 2 is 1.86 bits per heavy atom. The molecular formula is C17H26N2O2Si. The maximum absolute atomic E-state index is 5.83. The summed E-state index contributed by atoms with van der Waals surface area (Å²) in [6.45, 7) is 10.9. The van der Waals surface area contributed by atoms with Crippen LogP contribution < -0.4 is 4.74 Å². The summed E-state index contributed by atoms with van der Waals surface area (Å²) in [6.07, 6.45) is 1.91. The van der Waals surface area contributed by atoms with Gasteiger partial charge in [-0.2, -0.15) is 5.10 Å². The van der Waals surface area contributed by atoms with Gasteiger partial charge in [0.2, 0.25) is 0 Å². The number of hydrogen-bond donors (Lipinski definition) is 0. The van der Waals surface area contributed by atoms with E-state index in [9.17, 15) is 0 Å². The van der Waals surface area contributed by atoms with Crippen LogP contribution in [0.25, 0.3) is 0 Å². The van der Waals surface area contributed by atoms with Crippen LogP contribution in [-0.2, 0) is 18.1 Å². The molecule has 1 aromatic carbocycles. The van der Waals surface area contributed by atoms with E-state index in [4.69, 9.17) is 9.47 Å². The first-order chi connectivity index (χ1) is 10.4.